The smallest absolute Gasteiger partial charge is 0.207 e. The number of carbonyl (C=O) groups is 1. The summed E-state index contributed by atoms with van der Waals surface area (Å²) in [4.78, 5) is 19.3. The lowest BCUT2D eigenvalue weighted by atomic mass is 10.4. The molecule has 1 unspecified atom stereocenters. The van der Waals surface area contributed by atoms with Crippen LogP contribution in [0.5, 0.6) is 0 Å². The van der Waals surface area contributed by atoms with Gasteiger partial charge in [-0.1, -0.05) is 0 Å². The van der Waals surface area contributed by atoms with Gasteiger partial charge in [0.1, 0.15) is 0 Å². The molecule has 4 nitrogen and oxygen atoms in total. The van der Waals surface area contributed by atoms with Gasteiger partial charge in [-0.05, 0) is 6.92 Å². The van der Waals surface area contributed by atoms with E-state index in [1.165, 1.54) is 0 Å². The lowest BCUT2D eigenvalue weighted by Crippen LogP contribution is -2.26. The van der Waals surface area contributed by atoms with Crippen molar-refractivity contribution in [3.05, 3.63) is 4.91 Å². The van der Waals surface area contributed by atoms with Gasteiger partial charge in [0.05, 0.1) is 0 Å². The number of hydrogen-bond acceptors (Lipinski definition) is 4. The third kappa shape index (κ3) is 5.29. The Bertz CT molecular complexity index is 98.6. The van der Waals surface area contributed by atoms with E-state index in [0.29, 0.717) is 12.2 Å². The van der Waals surface area contributed by atoms with E-state index in [2.05, 4.69) is 9.90 Å². The van der Waals surface area contributed by atoms with Crippen LogP contribution in [-0.4, -0.2) is 18.2 Å². The maximum Gasteiger partial charge on any atom is 0.207 e. The highest BCUT2D eigenvalue weighted by molar-refractivity contribution is 7.97. The third-order valence-corrected chi connectivity index (χ3v) is 1.48. The largest absolute Gasteiger partial charge is 0.355 e. The zero-order valence-corrected chi connectivity index (χ0v) is 5.85. The Labute approximate surface area is 57.5 Å². The highest BCUT2D eigenvalue weighted by atomic mass is 32.2. The van der Waals surface area contributed by atoms with E-state index in [-0.39, 0.29) is 6.04 Å². The Morgan fingerprint density at radius 2 is 2.56 bits per heavy atom. The highest BCUT2D eigenvalue weighted by Gasteiger charge is 1.97. The van der Waals surface area contributed by atoms with E-state index in [1.807, 2.05) is 0 Å². The normalized spacial score (nSPS) is 12.1. The molecule has 0 aromatic carbocycles. The summed E-state index contributed by atoms with van der Waals surface area (Å²) in [5.41, 5.74) is 0. The van der Waals surface area contributed by atoms with Gasteiger partial charge >= 0.3 is 0 Å². The molecule has 0 aliphatic carbocycles. The summed E-state index contributed by atoms with van der Waals surface area (Å²) in [5.74, 6) is 0.530. The van der Waals surface area contributed by atoms with Crippen LogP contribution in [0.1, 0.15) is 6.92 Å². The first-order chi connectivity index (χ1) is 4.31. The van der Waals surface area contributed by atoms with Gasteiger partial charge in [-0.3, -0.25) is 4.79 Å². The summed E-state index contributed by atoms with van der Waals surface area (Å²) >= 11 is 0.904. The van der Waals surface area contributed by atoms with E-state index in [1.54, 1.807) is 6.92 Å². The second kappa shape index (κ2) is 5.55. The summed E-state index contributed by atoms with van der Waals surface area (Å²) in [6.45, 7) is 1.80. The molecule has 0 heterocycles. The van der Waals surface area contributed by atoms with Crippen LogP contribution >= 0.6 is 11.9 Å². The van der Waals surface area contributed by atoms with Gasteiger partial charge in [0.25, 0.3) is 0 Å². The Morgan fingerprint density at radius 3 is 3.00 bits per heavy atom. The molecule has 0 aliphatic rings. The van der Waals surface area contributed by atoms with Gasteiger partial charge < -0.3 is 5.32 Å². The predicted octanol–water partition coefficient (Wildman–Crippen LogP) is 0.535. The van der Waals surface area contributed by atoms with Crippen LogP contribution in [0.25, 0.3) is 0 Å². The Morgan fingerprint density at radius 1 is 1.89 bits per heavy atom. The number of nitrogens with zero attached hydrogens (tertiary/aromatic N) is 1. The quantitative estimate of drug-likeness (QED) is 0.351. The van der Waals surface area contributed by atoms with Crippen LogP contribution in [0.2, 0.25) is 0 Å². The van der Waals surface area contributed by atoms with Crippen LogP contribution in [-0.2, 0) is 4.79 Å². The van der Waals surface area contributed by atoms with Crippen molar-refractivity contribution >= 4 is 18.4 Å². The molecule has 1 atom stereocenters. The number of nitroso groups, excluding NO2 is 1. The zero-order chi connectivity index (χ0) is 7.11. The average Bonchev–Trinajstić information content (AvgIpc) is 1.85. The van der Waals surface area contributed by atoms with Crippen molar-refractivity contribution in [2.45, 2.75) is 13.0 Å². The molecule has 0 aliphatic heterocycles. The lowest BCUT2D eigenvalue weighted by Gasteiger charge is -2.03. The standard InChI is InChI=1S/C4H8N2O2S/c1-4(5-3-7)2-9-6-8/h3-4H,2H2,1H3,(H,5,7). The van der Waals surface area contributed by atoms with E-state index in [0.717, 1.165) is 11.9 Å². The number of rotatable bonds is 5. The van der Waals surface area contributed by atoms with E-state index < -0.39 is 0 Å². The molecule has 1 amide bonds. The molecule has 0 aromatic rings. The molecule has 5 heteroatoms. The van der Waals surface area contributed by atoms with Gasteiger partial charge in [0.2, 0.25) is 6.41 Å². The van der Waals surface area contributed by atoms with Crippen LogP contribution in [0.15, 0.2) is 4.58 Å². The van der Waals surface area contributed by atoms with Crippen molar-refractivity contribution in [3.63, 3.8) is 0 Å². The van der Waals surface area contributed by atoms with Crippen molar-refractivity contribution in [3.8, 4) is 0 Å². The summed E-state index contributed by atoms with van der Waals surface area (Å²) in [6.07, 6.45) is 0.607. The lowest BCUT2D eigenvalue weighted by molar-refractivity contribution is -0.109. The SMILES string of the molecule is CC(CSN=O)NC=O. The molecule has 0 bridgehead atoms. The number of carbonyl (C=O) groups excluding carboxylic acids is 1. The first-order valence-corrected chi connectivity index (χ1v) is 3.39. The van der Waals surface area contributed by atoms with Gasteiger partial charge in [-0.25, -0.2) is 0 Å². The van der Waals surface area contributed by atoms with Crippen molar-refractivity contribution in [1.82, 2.24) is 5.32 Å². The first kappa shape index (κ1) is 8.42. The molecule has 9 heavy (non-hydrogen) atoms. The molecule has 0 saturated carbocycles. The van der Waals surface area contributed by atoms with E-state index in [4.69, 9.17) is 0 Å². The zero-order valence-electron chi connectivity index (χ0n) is 5.03. The average molecular weight is 148 g/mol. The molecule has 0 spiro atoms. The Balaban J connectivity index is 3.14. The number of amides is 1. The summed E-state index contributed by atoms with van der Waals surface area (Å²) in [5, 5.41) is 2.48. The minimum absolute atomic E-state index is 0.0187. The second-order valence-corrected chi connectivity index (χ2v) is 2.30. The molecular formula is C4H8N2O2S. The predicted molar refractivity (Wildman–Crippen MR) is 36.9 cm³/mol. The molecule has 1 N–H and O–H groups in total. The van der Waals surface area contributed by atoms with Crippen molar-refractivity contribution in [2.24, 2.45) is 4.58 Å². The minimum Gasteiger partial charge on any atom is -0.355 e. The van der Waals surface area contributed by atoms with Gasteiger partial charge in [0, 0.05) is 28.3 Å². The molecule has 52 valence electrons. The van der Waals surface area contributed by atoms with Gasteiger partial charge in [-0.2, -0.15) is 0 Å². The van der Waals surface area contributed by atoms with Crippen LogP contribution in [0.4, 0.5) is 0 Å². The molecule has 0 radical (unpaired) electrons. The minimum atomic E-state index is 0.0187. The van der Waals surface area contributed by atoms with Crippen LogP contribution < -0.4 is 5.32 Å². The van der Waals surface area contributed by atoms with Gasteiger partial charge in [0.15, 0.2) is 0 Å². The molecule has 0 saturated heterocycles. The van der Waals surface area contributed by atoms with Crippen molar-refractivity contribution in [1.29, 1.82) is 0 Å². The first-order valence-electron chi connectivity index (χ1n) is 2.45. The van der Waals surface area contributed by atoms with Crippen LogP contribution in [0, 0.1) is 4.91 Å². The summed E-state index contributed by atoms with van der Waals surface area (Å²) < 4.78 is 2.57. The van der Waals surface area contributed by atoms with E-state index in [9.17, 15) is 9.70 Å². The molecule has 0 aromatic heterocycles. The number of hydrogen-bond donors (Lipinski definition) is 1. The Hall–Kier alpha value is -0.580. The summed E-state index contributed by atoms with van der Waals surface area (Å²) in [7, 11) is 0. The molecular weight excluding hydrogens is 140 g/mol. The third-order valence-electron chi connectivity index (χ3n) is 0.730. The number of nitrogens with one attached hydrogen (secondary N) is 1. The topological polar surface area (TPSA) is 58.5 Å². The van der Waals surface area contributed by atoms with Crippen LogP contribution in [0.3, 0.4) is 0 Å². The fourth-order valence-electron chi connectivity index (χ4n) is 0.306. The van der Waals surface area contributed by atoms with Crippen molar-refractivity contribution in [2.75, 3.05) is 5.75 Å². The maximum atomic E-state index is 9.75. The fourth-order valence-corrected chi connectivity index (χ4v) is 0.687. The van der Waals surface area contributed by atoms with Gasteiger partial charge in [-0.15, -0.1) is 4.91 Å². The fraction of sp³-hybridized carbons (Fsp3) is 0.750. The maximum absolute atomic E-state index is 9.75. The van der Waals surface area contributed by atoms with E-state index >= 15 is 0 Å². The molecule has 0 fully saturated rings. The summed E-state index contributed by atoms with van der Waals surface area (Å²) in [6, 6.07) is 0.0187. The van der Waals surface area contributed by atoms with Crippen molar-refractivity contribution < 1.29 is 4.79 Å². The monoisotopic (exact) mass is 148 g/mol. The second-order valence-electron chi connectivity index (χ2n) is 1.56. The Kier molecular flexibility index (Phi) is 5.20. The molecule has 0 rings (SSSR count). The highest BCUT2D eigenvalue weighted by Crippen LogP contribution is 2.01.